The van der Waals surface area contributed by atoms with Gasteiger partial charge in [0.25, 0.3) is 0 Å². The van der Waals surface area contributed by atoms with Crippen LogP contribution in [0.1, 0.15) is 24.1 Å². The van der Waals surface area contributed by atoms with Crippen molar-refractivity contribution in [1.82, 2.24) is 19.4 Å². The third kappa shape index (κ3) is 3.20. The van der Waals surface area contributed by atoms with Gasteiger partial charge in [-0.1, -0.05) is 30.3 Å². The summed E-state index contributed by atoms with van der Waals surface area (Å²) in [7, 11) is 0. The fraction of sp³-hybridized carbons (Fsp3) is 0.150. The zero-order chi connectivity index (χ0) is 18.1. The number of imidazole rings is 1. The number of hydrogen-bond acceptors (Lipinski definition) is 4. The molecule has 3 heterocycles. The Morgan fingerprint density at radius 2 is 1.88 bits per heavy atom. The number of pyridine rings is 1. The van der Waals surface area contributed by atoms with E-state index in [1.807, 2.05) is 35.0 Å². The highest BCUT2D eigenvalue weighted by atomic mass is 79.9. The first kappa shape index (κ1) is 16.7. The molecule has 0 unspecified atom stereocenters. The lowest BCUT2D eigenvalue weighted by Gasteiger charge is -2.15. The largest absolute Gasteiger partial charge is 0.348 e. The number of aryl methyl sites for hydroxylation is 1. The summed E-state index contributed by atoms with van der Waals surface area (Å²) in [6.45, 7) is 4.15. The molecule has 0 saturated heterocycles. The van der Waals surface area contributed by atoms with Gasteiger partial charge in [-0.2, -0.15) is 0 Å². The van der Waals surface area contributed by atoms with Crippen LogP contribution in [-0.4, -0.2) is 19.4 Å². The van der Waals surface area contributed by atoms with E-state index in [0.717, 1.165) is 21.5 Å². The summed E-state index contributed by atoms with van der Waals surface area (Å²) in [6, 6.07) is 14.5. The molecule has 3 aromatic heterocycles. The maximum atomic E-state index is 4.72. The molecule has 0 saturated carbocycles. The highest BCUT2D eigenvalue weighted by molar-refractivity contribution is 9.10. The molecule has 0 spiro atoms. The van der Waals surface area contributed by atoms with Crippen molar-refractivity contribution < 1.29 is 0 Å². The van der Waals surface area contributed by atoms with E-state index in [9.17, 15) is 0 Å². The third-order valence-electron chi connectivity index (χ3n) is 4.30. The molecule has 4 aromatic rings. The summed E-state index contributed by atoms with van der Waals surface area (Å²) < 4.78 is 2.86. The van der Waals surface area contributed by atoms with Crippen LogP contribution < -0.4 is 5.32 Å². The van der Waals surface area contributed by atoms with Crippen molar-refractivity contribution in [2.75, 3.05) is 5.32 Å². The van der Waals surface area contributed by atoms with Gasteiger partial charge in [0.2, 0.25) is 5.95 Å². The fourth-order valence-electron chi connectivity index (χ4n) is 2.89. The summed E-state index contributed by atoms with van der Waals surface area (Å²) >= 11 is 3.57. The number of rotatable bonds is 4. The third-order valence-corrected chi connectivity index (χ3v) is 4.88. The van der Waals surface area contributed by atoms with Crippen LogP contribution in [0.15, 0.2) is 65.5 Å². The average Bonchev–Trinajstić information content (AvgIpc) is 3.06. The monoisotopic (exact) mass is 407 g/mol. The summed E-state index contributed by atoms with van der Waals surface area (Å²) in [5.74, 6) is 0.585. The van der Waals surface area contributed by atoms with Crippen molar-refractivity contribution in [3.05, 3.63) is 76.7 Å². The first-order valence-corrected chi connectivity index (χ1v) is 9.19. The smallest absolute Gasteiger partial charge is 0.223 e. The van der Waals surface area contributed by atoms with Gasteiger partial charge in [-0.15, -0.1) is 0 Å². The summed E-state index contributed by atoms with van der Waals surface area (Å²) in [5, 5.41) is 3.37. The van der Waals surface area contributed by atoms with Crippen LogP contribution in [0.2, 0.25) is 0 Å². The van der Waals surface area contributed by atoms with Crippen LogP contribution in [0.3, 0.4) is 0 Å². The average molecular weight is 408 g/mol. The zero-order valence-corrected chi connectivity index (χ0v) is 16.1. The van der Waals surface area contributed by atoms with Crippen LogP contribution in [0.25, 0.3) is 17.0 Å². The number of anilines is 1. The van der Waals surface area contributed by atoms with Gasteiger partial charge in [-0.3, -0.25) is 4.40 Å². The Bertz CT molecular complexity index is 1060. The second-order valence-corrected chi connectivity index (χ2v) is 7.10. The molecule has 0 fully saturated rings. The van der Waals surface area contributed by atoms with Gasteiger partial charge in [0.05, 0.1) is 22.4 Å². The molecular weight excluding hydrogens is 390 g/mol. The number of aromatic nitrogens is 4. The van der Waals surface area contributed by atoms with Gasteiger partial charge >= 0.3 is 0 Å². The Morgan fingerprint density at radius 3 is 2.69 bits per heavy atom. The molecule has 4 rings (SSSR count). The van der Waals surface area contributed by atoms with Crippen LogP contribution >= 0.6 is 15.9 Å². The van der Waals surface area contributed by atoms with Crippen molar-refractivity contribution in [1.29, 1.82) is 0 Å². The molecule has 1 aromatic carbocycles. The van der Waals surface area contributed by atoms with Gasteiger partial charge in [-0.25, -0.2) is 15.0 Å². The highest BCUT2D eigenvalue weighted by Gasteiger charge is 2.14. The lowest BCUT2D eigenvalue weighted by atomic mass is 10.1. The Hall–Kier alpha value is -2.73. The summed E-state index contributed by atoms with van der Waals surface area (Å²) in [5.41, 5.74) is 4.99. The first-order valence-electron chi connectivity index (χ1n) is 8.40. The second-order valence-electron chi connectivity index (χ2n) is 6.24. The van der Waals surface area contributed by atoms with Crippen molar-refractivity contribution in [2.24, 2.45) is 0 Å². The molecule has 6 heteroatoms. The van der Waals surface area contributed by atoms with Crippen molar-refractivity contribution in [3.63, 3.8) is 0 Å². The van der Waals surface area contributed by atoms with E-state index in [1.165, 1.54) is 11.1 Å². The topological polar surface area (TPSA) is 55.1 Å². The predicted octanol–water partition coefficient (Wildman–Crippen LogP) is 5.04. The van der Waals surface area contributed by atoms with Gasteiger partial charge in [0, 0.05) is 12.4 Å². The summed E-state index contributed by atoms with van der Waals surface area (Å²) in [6.07, 6.45) is 5.63. The van der Waals surface area contributed by atoms with Crippen LogP contribution in [0, 0.1) is 6.92 Å². The van der Waals surface area contributed by atoms with Gasteiger partial charge < -0.3 is 5.32 Å². The van der Waals surface area contributed by atoms with E-state index in [0.29, 0.717) is 5.95 Å². The molecule has 0 aliphatic rings. The van der Waals surface area contributed by atoms with Gasteiger partial charge in [0.1, 0.15) is 11.3 Å². The van der Waals surface area contributed by atoms with E-state index in [2.05, 4.69) is 69.3 Å². The maximum Gasteiger partial charge on any atom is 0.223 e. The van der Waals surface area contributed by atoms with E-state index in [1.54, 1.807) is 6.20 Å². The van der Waals surface area contributed by atoms with Crippen molar-refractivity contribution in [2.45, 2.75) is 19.9 Å². The normalized spacial score (nSPS) is 12.3. The maximum absolute atomic E-state index is 4.72. The lowest BCUT2D eigenvalue weighted by molar-refractivity contribution is 0.860. The summed E-state index contributed by atoms with van der Waals surface area (Å²) in [4.78, 5) is 13.6. The molecule has 26 heavy (non-hydrogen) atoms. The Labute approximate surface area is 160 Å². The van der Waals surface area contributed by atoms with Crippen LogP contribution in [0.5, 0.6) is 0 Å². The molecule has 0 amide bonds. The molecular formula is C20H18BrN5. The first-order chi connectivity index (χ1) is 12.6. The highest BCUT2D eigenvalue weighted by Crippen LogP contribution is 2.28. The van der Waals surface area contributed by atoms with E-state index >= 15 is 0 Å². The van der Waals surface area contributed by atoms with E-state index in [-0.39, 0.29) is 6.04 Å². The molecule has 0 radical (unpaired) electrons. The minimum atomic E-state index is 0.107. The minimum absolute atomic E-state index is 0.107. The molecule has 1 N–H and O–H groups in total. The minimum Gasteiger partial charge on any atom is -0.348 e. The molecule has 0 bridgehead atoms. The standard InChI is InChI=1S/C20H18BrN5/c1-13-8-9-26-17(12-22-18(26)10-13)19-16(21)11-23-20(25-19)24-14(2)15-6-4-3-5-7-15/h3-12,14H,1-2H3,(H,23,24,25)/t14-/m0/s1. The van der Waals surface area contributed by atoms with Crippen LogP contribution in [0.4, 0.5) is 5.95 Å². The molecule has 0 aliphatic carbocycles. The fourth-order valence-corrected chi connectivity index (χ4v) is 3.29. The van der Waals surface area contributed by atoms with Crippen LogP contribution in [-0.2, 0) is 0 Å². The second kappa shape index (κ2) is 6.88. The zero-order valence-electron chi connectivity index (χ0n) is 14.5. The number of nitrogens with zero attached hydrogens (tertiary/aromatic N) is 4. The Balaban J connectivity index is 1.70. The van der Waals surface area contributed by atoms with Gasteiger partial charge in [0.15, 0.2) is 0 Å². The van der Waals surface area contributed by atoms with E-state index in [4.69, 9.17) is 4.98 Å². The molecule has 130 valence electrons. The number of nitrogens with one attached hydrogen (secondary N) is 1. The molecule has 1 atom stereocenters. The number of halogens is 1. The Kier molecular flexibility index (Phi) is 4.42. The molecule has 5 nitrogen and oxygen atoms in total. The van der Waals surface area contributed by atoms with Crippen molar-refractivity contribution >= 4 is 27.5 Å². The lowest BCUT2D eigenvalue weighted by Crippen LogP contribution is -2.10. The van der Waals surface area contributed by atoms with E-state index < -0.39 is 0 Å². The molecule has 0 aliphatic heterocycles. The SMILES string of the molecule is Cc1ccn2c(-c3nc(N[C@@H](C)c4ccccc4)ncc3Br)cnc2c1. The number of benzene rings is 1. The number of fused-ring (bicyclic) bond motifs is 1. The Morgan fingerprint density at radius 1 is 1.08 bits per heavy atom. The predicted molar refractivity (Wildman–Crippen MR) is 107 cm³/mol. The quantitative estimate of drug-likeness (QED) is 0.514. The van der Waals surface area contributed by atoms with Gasteiger partial charge in [-0.05, 0) is 53.0 Å². The van der Waals surface area contributed by atoms with Crippen molar-refractivity contribution in [3.8, 4) is 11.4 Å². The number of hydrogen-bond donors (Lipinski definition) is 1.